The molecule has 26 heavy (non-hydrogen) atoms. The van der Waals surface area contributed by atoms with Gasteiger partial charge in [0.25, 0.3) is 5.91 Å². The number of aromatic nitrogens is 2. The molecule has 0 aliphatic heterocycles. The van der Waals surface area contributed by atoms with Crippen LogP contribution < -0.4 is 5.32 Å². The van der Waals surface area contributed by atoms with Gasteiger partial charge < -0.3 is 5.32 Å². The van der Waals surface area contributed by atoms with E-state index in [0.29, 0.717) is 22.4 Å². The fourth-order valence-corrected chi connectivity index (χ4v) is 3.15. The first-order chi connectivity index (χ1) is 12.4. The molecule has 1 saturated carbocycles. The lowest BCUT2D eigenvalue weighted by Crippen LogP contribution is -2.27. The molecule has 0 spiro atoms. The molecule has 2 aromatic carbocycles. The second-order valence-corrected chi connectivity index (χ2v) is 6.69. The van der Waals surface area contributed by atoms with Crippen LogP contribution in [0.1, 0.15) is 39.6 Å². The van der Waals surface area contributed by atoms with Gasteiger partial charge in [-0.3, -0.25) is 4.79 Å². The van der Waals surface area contributed by atoms with Crippen molar-refractivity contribution >= 4 is 16.9 Å². The largest absolute Gasteiger partial charge is 0.349 e. The summed E-state index contributed by atoms with van der Waals surface area (Å²) in [4.78, 5) is 21.4. The molecular formula is C20H17F2N3O. The van der Waals surface area contributed by atoms with Crippen LogP contribution in [-0.4, -0.2) is 21.9 Å². The third-order valence-electron chi connectivity index (χ3n) is 4.80. The zero-order valence-electron chi connectivity index (χ0n) is 14.4. The third kappa shape index (κ3) is 3.03. The third-order valence-corrected chi connectivity index (χ3v) is 4.80. The van der Waals surface area contributed by atoms with Gasteiger partial charge in [0.05, 0.1) is 22.5 Å². The van der Waals surface area contributed by atoms with Gasteiger partial charge >= 0.3 is 0 Å². The van der Waals surface area contributed by atoms with Gasteiger partial charge in [0.1, 0.15) is 17.2 Å². The molecule has 6 heteroatoms. The topological polar surface area (TPSA) is 54.9 Å². The van der Waals surface area contributed by atoms with Crippen LogP contribution >= 0.6 is 0 Å². The number of nitrogens with one attached hydrogen (secondary N) is 1. The molecule has 1 aliphatic carbocycles. The van der Waals surface area contributed by atoms with Gasteiger partial charge in [0.15, 0.2) is 0 Å². The predicted octanol–water partition coefficient (Wildman–Crippen LogP) is 3.81. The van der Waals surface area contributed by atoms with E-state index in [2.05, 4.69) is 15.3 Å². The maximum Gasteiger partial charge on any atom is 0.253 e. The first-order valence-corrected chi connectivity index (χ1v) is 8.43. The summed E-state index contributed by atoms with van der Waals surface area (Å²) in [5.74, 6) is -1.03. The average Bonchev–Trinajstić information content (AvgIpc) is 3.35. The number of hydrogen-bond donors (Lipinski definition) is 1. The van der Waals surface area contributed by atoms with Crippen LogP contribution in [0.15, 0.2) is 36.4 Å². The van der Waals surface area contributed by atoms with E-state index in [0.717, 1.165) is 12.0 Å². The van der Waals surface area contributed by atoms with Gasteiger partial charge in [0.2, 0.25) is 0 Å². The SMILES string of the molecule is Cc1nc2cc(F)cc(C(=O)N[C@@H]3C[C@H]3c3ccc(F)cc3)c2nc1C. The normalized spacial score (nSPS) is 18.8. The molecule has 3 aromatic rings. The Morgan fingerprint density at radius 1 is 1.04 bits per heavy atom. The molecule has 2 atom stereocenters. The van der Waals surface area contributed by atoms with E-state index in [9.17, 15) is 13.6 Å². The Labute approximate surface area is 149 Å². The molecule has 4 rings (SSSR count). The predicted molar refractivity (Wildman–Crippen MR) is 94.0 cm³/mol. The summed E-state index contributed by atoms with van der Waals surface area (Å²) in [6.45, 7) is 3.60. The van der Waals surface area contributed by atoms with Crippen molar-refractivity contribution in [3.63, 3.8) is 0 Å². The molecule has 0 saturated heterocycles. The number of halogens is 2. The van der Waals surface area contributed by atoms with E-state index in [-0.39, 0.29) is 29.2 Å². The van der Waals surface area contributed by atoms with E-state index in [4.69, 9.17) is 0 Å². The molecule has 0 unspecified atom stereocenters. The maximum atomic E-state index is 13.9. The number of amides is 1. The zero-order valence-corrected chi connectivity index (χ0v) is 14.4. The molecular weight excluding hydrogens is 336 g/mol. The summed E-state index contributed by atoms with van der Waals surface area (Å²) in [6, 6.07) is 8.69. The summed E-state index contributed by atoms with van der Waals surface area (Å²) in [5, 5.41) is 2.92. The van der Waals surface area contributed by atoms with E-state index in [1.807, 2.05) is 0 Å². The number of hydrogen-bond acceptors (Lipinski definition) is 3. The molecule has 4 nitrogen and oxygen atoms in total. The van der Waals surface area contributed by atoms with Gasteiger partial charge in [0, 0.05) is 18.0 Å². The molecule has 1 amide bonds. The highest BCUT2D eigenvalue weighted by molar-refractivity contribution is 6.05. The smallest absolute Gasteiger partial charge is 0.253 e. The fourth-order valence-electron chi connectivity index (χ4n) is 3.15. The first kappa shape index (κ1) is 16.6. The van der Waals surface area contributed by atoms with Crippen molar-refractivity contribution in [2.75, 3.05) is 0 Å². The molecule has 1 N–H and O–H groups in total. The Morgan fingerprint density at radius 2 is 1.73 bits per heavy atom. The average molecular weight is 353 g/mol. The van der Waals surface area contributed by atoms with Crippen LogP contribution in [-0.2, 0) is 0 Å². The minimum Gasteiger partial charge on any atom is -0.349 e. The summed E-state index contributed by atoms with van der Waals surface area (Å²) in [5.41, 5.74) is 3.32. The quantitative estimate of drug-likeness (QED) is 0.779. The molecule has 1 aromatic heterocycles. The second kappa shape index (κ2) is 6.12. The number of nitrogens with zero attached hydrogens (tertiary/aromatic N) is 2. The Balaban J connectivity index is 1.59. The summed E-state index contributed by atoms with van der Waals surface area (Å²) in [7, 11) is 0. The summed E-state index contributed by atoms with van der Waals surface area (Å²) >= 11 is 0. The van der Waals surface area contributed by atoms with Crippen LogP contribution in [0.5, 0.6) is 0 Å². The van der Waals surface area contributed by atoms with Crippen LogP contribution in [0.4, 0.5) is 8.78 Å². The summed E-state index contributed by atoms with van der Waals surface area (Å²) < 4.78 is 27.0. The second-order valence-electron chi connectivity index (χ2n) is 6.69. The maximum absolute atomic E-state index is 13.9. The Bertz CT molecular complexity index is 1020. The standard InChI is InChI=1S/C20H17F2N3O/c1-10-11(2)24-19-16(7-14(22)8-18(19)23-10)20(26)25-17-9-15(17)12-3-5-13(21)6-4-12/h3-8,15,17H,9H2,1-2H3,(H,25,26)/t15-,17+/m0/s1. The van der Waals surface area contributed by atoms with Crippen LogP contribution in [0, 0.1) is 25.5 Å². The van der Waals surface area contributed by atoms with Crippen molar-refractivity contribution in [3.8, 4) is 0 Å². The lowest BCUT2D eigenvalue weighted by atomic mass is 10.1. The first-order valence-electron chi connectivity index (χ1n) is 8.43. The molecule has 0 bridgehead atoms. The fraction of sp³-hybridized carbons (Fsp3) is 0.250. The number of carbonyl (C=O) groups excluding carboxylic acids is 1. The molecule has 1 fully saturated rings. The number of aryl methyl sites for hydroxylation is 2. The minimum absolute atomic E-state index is 0.0502. The Morgan fingerprint density at radius 3 is 2.46 bits per heavy atom. The van der Waals surface area contributed by atoms with E-state index in [1.54, 1.807) is 26.0 Å². The van der Waals surface area contributed by atoms with Crippen molar-refractivity contribution in [2.45, 2.75) is 32.2 Å². The highest BCUT2D eigenvalue weighted by Crippen LogP contribution is 2.41. The van der Waals surface area contributed by atoms with Crippen LogP contribution in [0.2, 0.25) is 0 Å². The highest BCUT2D eigenvalue weighted by Gasteiger charge is 2.39. The lowest BCUT2D eigenvalue weighted by molar-refractivity contribution is 0.0951. The van der Waals surface area contributed by atoms with E-state index < -0.39 is 5.82 Å². The van der Waals surface area contributed by atoms with Gasteiger partial charge in [-0.2, -0.15) is 0 Å². The number of carbonyl (C=O) groups is 1. The van der Waals surface area contributed by atoms with Crippen LogP contribution in [0.3, 0.4) is 0 Å². The zero-order chi connectivity index (χ0) is 18.4. The van der Waals surface area contributed by atoms with Crippen molar-refractivity contribution in [2.24, 2.45) is 0 Å². The molecule has 132 valence electrons. The monoisotopic (exact) mass is 353 g/mol. The molecule has 1 aliphatic rings. The van der Waals surface area contributed by atoms with Gasteiger partial charge in [-0.25, -0.2) is 18.7 Å². The van der Waals surface area contributed by atoms with Crippen molar-refractivity contribution in [1.82, 2.24) is 15.3 Å². The van der Waals surface area contributed by atoms with Gasteiger partial charge in [-0.05, 0) is 44.0 Å². The lowest BCUT2D eigenvalue weighted by Gasteiger charge is -2.09. The highest BCUT2D eigenvalue weighted by atomic mass is 19.1. The number of benzene rings is 2. The number of fused-ring (bicyclic) bond motifs is 1. The van der Waals surface area contributed by atoms with Crippen molar-refractivity contribution in [1.29, 1.82) is 0 Å². The van der Waals surface area contributed by atoms with E-state index in [1.165, 1.54) is 24.3 Å². The van der Waals surface area contributed by atoms with E-state index >= 15 is 0 Å². The van der Waals surface area contributed by atoms with Crippen molar-refractivity contribution in [3.05, 3.63) is 70.5 Å². The van der Waals surface area contributed by atoms with Crippen LogP contribution in [0.25, 0.3) is 11.0 Å². The number of rotatable bonds is 3. The van der Waals surface area contributed by atoms with Gasteiger partial charge in [-0.1, -0.05) is 12.1 Å². The van der Waals surface area contributed by atoms with Gasteiger partial charge in [-0.15, -0.1) is 0 Å². The molecule has 0 radical (unpaired) electrons. The summed E-state index contributed by atoms with van der Waals surface area (Å²) in [6.07, 6.45) is 0.772. The molecule has 1 heterocycles. The Hall–Kier alpha value is -2.89. The van der Waals surface area contributed by atoms with Crippen molar-refractivity contribution < 1.29 is 13.6 Å². The minimum atomic E-state index is -0.522. The Kier molecular flexibility index (Phi) is 3.90.